The van der Waals surface area contributed by atoms with Gasteiger partial charge in [0, 0.05) is 12.5 Å². The maximum absolute atomic E-state index is 6.60. The van der Waals surface area contributed by atoms with E-state index in [1.54, 1.807) is 0 Å². The van der Waals surface area contributed by atoms with Gasteiger partial charge in [-0.05, 0) is 42.4 Å². The van der Waals surface area contributed by atoms with Crippen molar-refractivity contribution in [1.29, 1.82) is 0 Å². The second-order valence-corrected chi connectivity index (χ2v) is 9.99. The number of rotatable bonds is 12. The summed E-state index contributed by atoms with van der Waals surface area (Å²) in [7, 11) is 0. The molecule has 3 aromatic rings. The molecule has 0 N–H and O–H groups in total. The summed E-state index contributed by atoms with van der Waals surface area (Å²) in [4.78, 5) is 0. The molecule has 5 heteroatoms. The minimum Gasteiger partial charge on any atom is -0.376 e. The first-order valence-corrected chi connectivity index (χ1v) is 13.5. The Kier molecular flexibility index (Phi) is 9.76. The summed E-state index contributed by atoms with van der Waals surface area (Å²) >= 11 is 0. The maximum atomic E-state index is 6.60. The molecular formula is C32H38O5. The molecule has 1 saturated heterocycles. The molecule has 0 bridgehead atoms. The molecule has 0 spiro atoms. The smallest absolute Gasteiger partial charge is 0.158 e. The quantitative estimate of drug-likeness (QED) is 0.291. The Hall–Kier alpha value is -2.54. The zero-order valence-electron chi connectivity index (χ0n) is 21.5. The predicted octanol–water partition coefficient (Wildman–Crippen LogP) is 6.31. The minimum absolute atomic E-state index is 0.113. The van der Waals surface area contributed by atoms with Gasteiger partial charge in [-0.15, -0.1) is 0 Å². The molecule has 3 aromatic carbocycles. The lowest BCUT2D eigenvalue weighted by Crippen LogP contribution is -2.40. The van der Waals surface area contributed by atoms with Gasteiger partial charge in [-0.2, -0.15) is 0 Å². The summed E-state index contributed by atoms with van der Waals surface area (Å²) in [5, 5.41) is 0. The van der Waals surface area contributed by atoms with Gasteiger partial charge in [0.25, 0.3) is 0 Å². The highest BCUT2D eigenvalue weighted by Crippen LogP contribution is 2.36. The molecule has 5 rings (SSSR count). The highest BCUT2D eigenvalue weighted by Gasteiger charge is 2.47. The van der Waals surface area contributed by atoms with Crippen LogP contribution in [0.1, 0.15) is 42.4 Å². The minimum atomic E-state index is -0.209. The van der Waals surface area contributed by atoms with E-state index in [0.717, 1.165) is 43.4 Å². The molecule has 1 saturated carbocycles. The van der Waals surface area contributed by atoms with Gasteiger partial charge in [0.1, 0.15) is 6.10 Å². The van der Waals surface area contributed by atoms with Crippen molar-refractivity contribution >= 4 is 0 Å². The van der Waals surface area contributed by atoms with Gasteiger partial charge >= 0.3 is 0 Å². The van der Waals surface area contributed by atoms with Crippen molar-refractivity contribution in [3.63, 3.8) is 0 Å². The molecular weight excluding hydrogens is 464 g/mol. The van der Waals surface area contributed by atoms with E-state index in [1.165, 1.54) is 5.56 Å². The van der Waals surface area contributed by atoms with Crippen LogP contribution in [0.3, 0.4) is 0 Å². The molecule has 5 nitrogen and oxygen atoms in total. The third-order valence-corrected chi connectivity index (χ3v) is 7.17. The first-order chi connectivity index (χ1) is 18.3. The lowest BCUT2D eigenvalue weighted by molar-refractivity contribution is -0.215. The van der Waals surface area contributed by atoms with E-state index < -0.39 is 0 Å². The summed E-state index contributed by atoms with van der Waals surface area (Å²) < 4.78 is 31.9. The molecule has 5 unspecified atom stereocenters. The van der Waals surface area contributed by atoms with Gasteiger partial charge < -0.3 is 23.7 Å². The van der Waals surface area contributed by atoms with E-state index in [-0.39, 0.29) is 30.5 Å². The summed E-state index contributed by atoms with van der Waals surface area (Å²) in [6.07, 6.45) is 3.31. The average Bonchev–Trinajstić information content (AvgIpc) is 3.28. The Balaban J connectivity index is 1.30. The van der Waals surface area contributed by atoms with Crippen LogP contribution in [-0.4, -0.2) is 37.8 Å². The van der Waals surface area contributed by atoms with Crippen molar-refractivity contribution in [1.82, 2.24) is 0 Å². The Bertz CT molecular complexity index is 1020. The lowest BCUT2D eigenvalue weighted by atomic mass is 10.1. The molecule has 2 aliphatic rings. The lowest BCUT2D eigenvalue weighted by Gasteiger charge is -2.31. The van der Waals surface area contributed by atoms with Crippen molar-refractivity contribution in [3.8, 4) is 0 Å². The highest BCUT2D eigenvalue weighted by molar-refractivity contribution is 5.15. The fourth-order valence-corrected chi connectivity index (χ4v) is 5.22. The Morgan fingerprint density at radius 3 is 1.78 bits per heavy atom. The summed E-state index contributed by atoms with van der Waals surface area (Å²) in [5.41, 5.74) is 3.46. The number of ether oxygens (including phenoxy) is 5. The summed E-state index contributed by atoms with van der Waals surface area (Å²) in [6, 6.07) is 30.9. The largest absolute Gasteiger partial charge is 0.376 e. The second kappa shape index (κ2) is 13.8. The van der Waals surface area contributed by atoms with Gasteiger partial charge in [-0.25, -0.2) is 0 Å². The van der Waals surface area contributed by atoms with Crippen LogP contribution < -0.4 is 0 Å². The van der Waals surface area contributed by atoms with E-state index in [2.05, 4.69) is 36.4 Å². The van der Waals surface area contributed by atoms with Gasteiger partial charge in [-0.1, -0.05) is 91.0 Å². The molecule has 1 heterocycles. The van der Waals surface area contributed by atoms with Crippen molar-refractivity contribution in [2.24, 2.45) is 5.92 Å². The van der Waals surface area contributed by atoms with Crippen molar-refractivity contribution in [2.45, 2.75) is 70.1 Å². The molecule has 1 aliphatic carbocycles. The molecule has 0 amide bonds. The van der Waals surface area contributed by atoms with Crippen molar-refractivity contribution < 1.29 is 23.7 Å². The van der Waals surface area contributed by atoms with Crippen molar-refractivity contribution in [2.75, 3.05) is 13.2 Å². The predicted molar refractivity (Wildman–Crippen MR) is 143 cm³/mol. The zero-order valence-corrected chi connectivity index (χ0v) is 21.5. The van der Waals surface area contributed by atoms with E-state index >= 15 is 0 Å². The topological polar surface area (TPSA) is 46.2 Å². The molecule has 2 fully saturated rings. The molecule has 196 valence electrons. The van der Waals surface area contributed by atoms with Crippen LogP contribution in [0, 0.1) is 5.92 Å². The first-order valence-electron chi connectivity index (χ1n) is 13.5. The van der Waals surface area contributed by atoms with Crippen LogP contribution in [0.15, 0.2) is 91.0 Å². The highest BCUT2D eigenvalue weighted by atomic mass is 16.7. The van der Waals surface area contributed by atoms with Gasteiger partial charge in [0.2, 0.25) is 0 Å². The van der Waals surface area contributed by atoms with Gasteiger partial charge in [0.15, 0.2) is 6.29 Å². The maximum Gasteiger partial charge on any atom is 0.158 e. The van der Waals surface area contributed by atoms with E-state index in [1.807, 2.05) is 54.6 Å². The molecule has 1 aliphatic heterocycles. The third kappa shape index (κ3) is 7.73. The van der Waals surface area contributed by atoms with E-state index in [0.29, 0.717) is 26.4 Å². The Morgan fingerprint density at radius 1 is 0.649 bits per heavy atom. The SMILES string of the molecule is c1ccc(COCC2CC(OC3CCCCO3)C(OCc3ccccc3)C2OCc2ccccc2)cc1. The van der Waals surface area contributed by atoms with Crippen molar-refractivity contribution in [3.05, 3.63) is 108 Å². The third-order valence-electron chi connectivity index (χ3n) is 7.17. The fourth-order valence-electron chi connectivity index (χ4n) is 5.22. The second-order valence-electron chi connectivity index (χ2n) is 9.99. The molecule has 0 aromatic heterocycles. The number of hydrogen-bond donors (Lipinski definition) is 0. The van der Waals surface area contributed by atoms with Crippen LogP contribution in [0.25, 0.3) is 0 Å². The van der Waals surface area contributed by atoms with E-state index in [4.69, 9.17) is 23.7 Å². The summed E-state index contributed by atoms with van der Waals surface area (Å²) in [5.74, 6) is 0.154. The van der Waals surface area contributed by atoms with Crippen LogP contribution in [0.5, 0.6) is 0 Å². The molecule has 37 heavy (non-hydrogen) atoms. The average molecular weight is 503 g/mol. The normalized spacial score (nSPS) is 25.8. The van der Waals surface area contributed by atoms with Crippen LogP contribution in [-0.2, 0) is 43.5 Å². The van der Waals surface area contributed by atoms with E-state index in [9.17, 15) is 0 Å². The Morgan fingerprint density at radius 2 is 1.22 bits per heavy atom. The monoisotopic (exact) mass is 502 g/mol. The standard InChI is InChI=1S/C32H38O5/c1-4-12-25(13-5-1)21-33-24-28-20-29(37-30-18-10-11-19-34-30)32(36-23-27-16-8-3-9-17-27)31(28)35-22-26-14-6-2-7-15-26/h1-9,12-17,28-32H,10-11,18-24H2. The summed E-state index contributed by atoms with van der Waals surface area (Å²) in [6.45, 7) is 2.96. The van der Waals surface area contributed by atoms with Crippen LogP contribution in [0.2, 0.25) is 0 Å². The van der Waals surface area contributed by atoms with Gasteiger partial charge in [-0.3, -0.25) is 0 Å². The molecule has 0 radical (unpaired) electrons. The number of hydrogen-bond acceptors (Lipinski definition) is 5. The molecule has 5 atom stereocenters. The van der Waals surface area contributed by atoms with Crippen LogP contribution in [0.4, 0.5) is 0 Å². The fraction of sp³-hybridized carbons (Fsp3) is 0.438. The first kappa shape index (κ1) is 26.1. The van der Waals surface area contributed by atoms with Crippen LogP contribution >= 0.6 is 0 Å². The Labute approximate surface area is 220 Å². The number of benzene rings is 3. The van der Waals surface area contributed by atoms with Gasteiger partial charge in [0.05, 0.1) is 38.6 Å². The zero-order chi connectivity index (χ0) is 25.1.